The number of nitrogens with zero attached hydrogens (tertiary/aromatic N) is 3. The Labute approximate surface area is 155 Å². The number of carbonyl (C=O) groups is 2. The van der Waals surface area contributed by atoms with Gasteiger partial charge in [-0.2, -0.15) is 0 Å². The second-order valence-corrected chi connectivity index (χ2v) is 7.69. The zero-order chi connectivity index (χ0) is 18.7. The lowest BCUT2D eigenvalue weighted by Crippen LogP contribution is -2.43. The first kappa shape index (κ1) is 18.8. The zero-order valence-electron chi connectivity index (χ0n) is 16.0. The average molecular weight is 359 g/mol. The molecule has 0 aromatic carbocycles. The van der Waals surface area contributed by atoms with Gasteiger partial charge < -0.3 is 9.64 Å². The molecule has 3 heterocycles. The van der Waals surface area contributed by atoms with Crippen molar-refractivity contribution in [2.45, 2.75) is 39.7 Å². The van der Waals surface area contributed by atoms with Gasteiger partial charge in [0.25, 0.3) is 5.91 Å². The Morgan fingerprint density at radius 2 is 2.19 bits per heavy atom. The summed E-state index contributed by atoms with van der Waals surface area (Å²) in [4.78, 5) is 34.1. The molecule has 1 aromatic rings. The van der Waals surface area contributed by atoms with Crippen LogP contribution in [0.4, 0.5) is 0 Å². The molecule has 6 heteroatoms. The van der Waals surface area contributed by atoms with Crippen LogP contribution in [-0.4, -0.2) is 65.5 Å². The Balaban J connectivity index is 1.85. The first-order valence-corrected chi connectivity index (χ1v) is 9.58. The van der Waals surface area contributed by atoms with Crippen molar-refractivity contribution in [1.29, 1.82) is 0 Å². The number of amides is 1. The summed E-state index contributed by atoms with van der Waals surface area (Å²) in [7, 11) is 0. The smallest absolute Gasteiger partial charge is 0.313 e. The number of ether oxygens (including phenoxy) is 1. The van der Waals surface area contributed by atoms with Crippen LogP contribution in [0.2, 0.25) is 0 Å². The second-order valence-electron chi connectivity index (χ2n) is 7.69. The van der Waals surface area contributed by atoms with E-state index in [-0.39, 0.29) is 17.8 Å². The lowest BCUT2D eigenvalue weighted by Gasteiger charge is -2.31. The third-order valence-electron chi connectivity index (χ3n) is 5.82. The van der Waals surface area contributed by atoms with E-state index in [1.807, 2.05) is 11.8 Å². The molecule has 0 unspecified atom stereocenters. The van der Waals surface area contributed by atoms with Crippen LogP contribution in [-0.2, 0) is 9.53 Å². The molecule has 1 aromatic heterocycles. The fourth-order valence-electron chi connectivity index (χ4n) is 4.33. The highest BCUT2D eigenvalue weighted by molar-refractivity contribution is 5.94. The van der Waals surface area contributed by atoms with Crippen LogP contribution in [0.1, 0.15) is 44.0 Å². The highest BCUT2D eigenvalue weighted by atomic mass is 16.5. The molecule has 0 radical (unpaired) electrons. The maximum atomic E-state index is 12.9. The summed E-state index contributed by atoms with van der Waals surface area (Å²) in [6.45, 7) is 9.38. The molecule has 3 rings (SSSR count). The zero-order valence-corrected chi connectivity index (χ0v) is 16.0. The highest BCUT2D eigenvalue weighted by Gasteiger charge is 2.54. The van der Waals surface area contributed by atoms with Gasteiger partial charge in [-0.25, -0.2) is 0 Å². The van der Waals surface area contributed by atoms with Gasteiger partial charge >= 0.3 is 5.97 Å². The summed E-state index contributed by atoms with van der Waals surface area (Å²) < 4.78 is 5.47. The highest BCUT2D eigenvalue weighted by Crippen LogP contribution is 2.44. The molecular weight excluding hydrogens is 330 g/mol. The van der Waals surface area contributed by atoms with Crippen LogP contribution in [0.25, 0.3) is 0 Å². The molecule has 2 aliphatic rings. The summed E-state index contributed by atoms with van der Waals surface area (Å²) in [5.41, 5.74) is 0.111. The molecule has 26 heavy (non-hydrogen) atoms. The fourth-order valence-corrected chi connectivity index (χ4v) is 4.33. The van der Waals surface area contributed by atoms with Gasteiger partial charge in [0.1, 0.15) is 0 Å². The summed E-state index contributed by atoms with van der Waals surface area (Å²) >= 11 is 0. The molecule has 2 fully saturated rings. The average Bonchev–Trinajstić information content (AvgIpc) is 2.91. The van der Waals surface area contributed by atoms with Crippen LogP contribution in [0.3, 0.4) is 0 Å². The molecule has 0 aliphatic carbocycles. The standard InChI is InChI=1S/C20H29N3O3/c1-4-26-19(25)20-8-6-10-22(18(24)16-7-5-9-21-11-16)12-17(20)13-23(14-20)15(2)3/h5,7,9,11,15,17H,4,6,8,10,12-14H2,1-3H3/t17-,20-/m0/s1. The SMILES string of the molecule is CCOC(=O)[C@]12CCCN(C(=O)c3cccnc3)C[C@H]1CN(C(C)C)C2. The van der Waals surface area contributed by atoms with E-state index in [2.05, 4.69) is 23.7 Å². The number of hydrogen-bond acceptors (Lipinski definition) is 5. The number of pyridine rings is 1. The molecule has 0 spiro atoms. The summed E-state index contributed by atoms with van der Waals surface area (Å²) in [6, 6.07) is 3.95. The largest absolute Gasteiger partial charge is 0.466 e. The molecule has 1 amide bonds. The van der Waals surface area contributed by atoms with Gasteiger partial charge in [-0.15, -0.1) is 0 Å². The van der Waals surface area contributed by atoms with Crippen molar-refractivity contribution in [2.75, 3.05) is 32.8 Å². The number of likely N-dealkylation sites (tertiary alicyclic amines) is 2. The molecule has 2 aliphatic heterocycles. The van der Waals surface area contributed by atoms with E-state index in [4.69, 9.17) is 4.74 Å². The minimum Gasteiger partial charge on any atom is -0.466 e. The van der Waals surface area contributed by atoms with E-state index in [1.165, 1.54) is 0 Å². The molecule has 142 valence electrons. The van der Waals surface area contributed by atoms with Gasteiger partial charge in [-0.05, 0) is 45.7 Å². The summed E-state index contributed by atoms with van der Waals surface area (Å²) in [5, 5.41) is 0. The minimum absolute atomic E-state index is 0.000700. The molecule has 2 saturated heterocycles. The van der Waals surface area contributed by atoms with Crippen molar-refractivity contribution in [3.63, 3.8) is 0 Å². The van der Waals surface area contributed by atoms with Crippen molar-refractivity contribution < 1.29 is 14.3 Å². The predicted molar refractivity (Wildman–Crippen MR) is 98.6 cm³/mol. The predicted octanol–water partition coefficient (Wildman–Crippen LogP) is 2.21. The lowest BCUT2D eigenvalue weighted by atomic mass is 9.75. The molecular formula is C20H29N3O3. The van der Waals surface area contributed by atoms with Crippen molar-refractivity contribution >= 4 is 11.9 Å². The Morgan fingerprint density at radius 3 is 2.85 bits per heavy atom. The maximum Gasteiger partial charge on any atom is 0.313 e. The van der Waals surface area contributed by atoms with Gasteiger partial charge in [-0.1, -0.05) is 0 Å². The third kappa shape index (κ3) is 3.47. The summed E-state index contributed by atoms with van der Waals surface area (Å²) in [5.74, 6) is 0.0108. The fraction of sp³-hybridized carbons (Fsp3) is 0.650. The molecule has 6 nitrogen and oxygen atoms in total. The van der Waals surface area contributed by atoms with E-state index in [1.54, 1.807) is 24.5 Å². The molecule has 0 saturated carbocycles. The van der Waals surface area contributed by atoms with Crippen LogP contribution >= 0.6 is 0 Å². The second kappa shape index (κ2) is 7.74. The van der Waals surface area contributed by atoms with Gasteiger partial charge in [-0.3, -0.25) is 19.5 Å². The van der Waals surface area contributed by atoms with E-state index in [9.17, 15) is 9.59 Å². The van der Waals surface area contributed by atoms with Gasteiger partial charge in [0.15, 0.2) is 0 Å². The Kier molecular flexibility index (Phi) is 5.61. The monoisotopic (exact) mass is 359 g/mol. The van der Waals surface area contributed by atoms with Crippen molar-refractivity contribution in [2.24, 2.45) is 11.3 Å². The topological polar surface area (TPSA) is 62.7 Å². The van der Waals surface area contributed by atoms with Crippen molar-refractivity contribution in [3.8, 4) is 0 Å². The van der Waals surface area contributed by atoms with Crippen LogP contribution < -0.4 is 0 Å². The van der Waals surface area contributed by atoms with Gasteiger partial charge in [0, 0.05) is 50.5 Å². The van der Waals surface area contributed by atoms with E-state index in [0.717, 1.165) is 25.9 Å². The van der Waals surface area contributed by atoms with E-state index < -0.39 is 5.41 Å². The van der Waals surface area contributed by atoms with E-state index in [0.29, 0.717) is 31.3 Å². The Hall–Kier alpha value is -1.95. The van der Waals surface area contributed by atoms with Crippen LogP contribution in [0.15, 0.2) is 24.5 Å². The minimum atomic E-state index is -0.496. The number of carbonyl (C=O) groups excluding carboxylic acids is 2. The van der Waals surface area contributed by atoms with Crippen LogP contribution in [0, 0.1) is 11.3 Å². The normalized spacial score (nSPS) is 26.5. The maximum absolute atomic E-state index is 12.9. The Morgan fingerprint density at radius 1 is 1.38 bits per heavy atom. The van der Waals surface area contributed by atoms with Gasteiger partial charge in [0.2, 0.25) is 0 Å². The van der Waals surface area contributed by atoms with E-state index >= 15 is 0 Å². The number of esters is 1. The quantitative estimate of drug-likeness (QED) is 0.772. The van der Waals surface area contributed by atoms with Gasteiger partial charge in [0.05, 0.1) is 17.6 Å². The number of fused-ring (bicyclic) bond motifs is 1. The molecule has 2 atom stereocenters. The first-order valence-electron chi connectivity index (χ1n) is 9.58. The Bertz CT molecular complexity index is 649. The molecule has 0 N–H and O–H groups in total. The first-order chi connectivity index (χ1) is 12.5. The van der Waals surface area contributed by atoms with Crippen molar-refractivity contribution in [1.82, 2.24) is 14.8 Å². The van der Waals surface area contributed by atoms with Crippen molar-refractivity contribution in [3.05, 3.63) is 30.1 Å². The molecule has 0 bridgehead atoms. The third-order valence-corrected chi connectivity index (χ3v) is 5.82. The lowest BCUT2D eigenvalue weighted by molar-refractivity contribution is -0.157. The number of aromatic nitrogens is 1. The number of hydrogen-bond donors (Lipinski definition) is 0. The summed E-state index contributed by atoms with van der Waals surface area (Å²) in [6.07, 6.45) is 4.87. The van der Waals surface area contributed by atoms with Crippen LogP contribution in [0.5, 0.6) is 0 Å². The number of rotatable bonds is 4.